The fraction of sp³-hybridized carbons (Fsp3) is 0.333. The highest BCUT2D eigenvalue weighted by Crippen LogP contribution is 2.36. The van der Waals surface area contributed by atoms with Crippen LogP contribution in [0.3, 0.4) is 0 Å². The van der Waals surface area contributed by atoms with E-state index in [9.17, 15) is 19.1 Å². The van der Waals surface area contributed by atoms with E-state index in [0.29, 0.717) is 17.2 Å². The summed E-state index contributed by atoms with van der Waals surface area (Å²) >= 11 is 2.60. The Balaban J connectivity index is 1.52. The number of halogens is 1. The number of phenols is 1. The molecule has 3 aromatic rings. The van der Waals surface area contributed by atoms with Crippen LogP contribution >= 0.6 is 22.7 Å². The number of nitrogens with one attached hydrogen (secondary N) is 1. The van der Waals surface area contributed by atoms with E-state index in [-0.39, 0.29) is 17.4 Å². The summed E-state index contributed by atoms with van der Waals surface area (Å²) in [7, 11) is 0. The lowest BCUT2D eigenvalue weighted by Crippen LogP contribution is -2.28. The maximum atomic E-state index is 14.4. The highest BCUT2D eigenvalue weighted by Gasteiger charge is 2.23. The second-order valence-corrected chi connectivity index (χ2v) is 9.36. The molecule has 0 spiro atoms. The standard InChI is InChI=1S/C21H20FN3O4S2/c1-10-18(31-17(24-10)8-23-19(27)11-4-2-3-5-11)15-9-30-20(25-15)12-7-16(26)13(21(28)29)6-14(12)22/h6-7,9,11,26H,2-5,8H2,1H3,(H,23,27)(H,28,29). The molecule has 1 aliphatic rings. The summed E-state index contributed by atoms with van der Waals surface area (Å²) in [6.45, 7) is 2.21. The molecule has 0 unspecified atom stereocenters. The molecule has 7 nitrogen and oxygen atoms in total. The molecule has 10 heteroatoms. The maximum absolute atomic E-state index is 14.4. The number of thiazole rings is 2. The summed E-state index contributed by atoms with van der Waals surface area (Å²) in [5.74, 6) is -2.53. The number of carbonyl (C=O) groups is 2. The second-order valence-electron chi connectivity index (χ2n) is 7.41. The number of aromatic carboxylic acids is 1. The number of benzene rings is 1. The van der Waals surface area contributed by atoms with Crippen molar-refractivity contribution in [1.29, 1.82) is 0 Å². The Morgan fingerprint density at radius 2 is 2.00 bits per heavy atom. The van der Waals surface area contributed by atoms with Crippen LogP contribution in [0.1, 0.15) is 46.7 Å². The van der Waals surface area contributed by atoms with E-state index < -0.39 is 23.1 Å². The van der Waals surface area contributed by atoms with Crippen LogP contribution in [0.5, 0.6) is 5.75 Å². The third-order valence-electron chi connectivity index (χ3n) is 5.26. The van der Waals surface area contributed by atoms with Gasteiger partial charge in [-0.15, -0.1) is 22.7 Å². The third kappa shape index (κ3) is 4.45. The van der Waals surface area contributed by atoms with Crippen molar-refractivity contribution in [2.24, 2.45) is 5.92 Å². The molecule has 0 aliphatic heterocycles. The summed E-state index contributed by atoms with van der Waals surface area (Å²) in [6, 6.07) is 1.86. The molecule has 2 heterocycles. The van der Waals surface area contributed by atoms with Crippen LogP contribution in [0.4, 0.5) is 4.39 Å². The van der Waals surface area contributed by atoms with E-state index >= 15 is 0 Å². The molecule has 0 saturated heterocycles. The largest absolute Gasteiger partial charge is 0.507 e. The van der Waals surface area contributed by atoms with E-state index in [4.69, 9.17) is 5.11 Å². The predicted octanol–water partition coefficient (Wildman–Crippen LogP) is 4.59. The molecule has 0 radical (unpaired) electrons. The highest BCUT2D eigenvalue weighted by molar-refractivity contribution is 7.16. The maximum Gasteiger partial charge on any atom is 0.339 e. The number of aromatic nitrogens is 2. The zero-order chi connectivity index (χ0) is 22.1. The molecular weight excluding hydrogens is 441 g/mol. The summed E-state index contributed by atoms with van der Waals surface area (Å²) in [5, 5.41) is 24.7. The van der Waals surface area contributed by atoms with Gasteiger partial charge < -0.3 is 15.5 Å². The minimum atomic E-state index is -1.41. The third-order valence-corrected chi connectivity index (χ3v) is 7.32. The lowest BCUT2D eigenvalue weighted by atomic mass is 10.1. The first-order chi connectivity index (χ1) is 14.8. The van der Waals surface area contributed by atoms with E-state index in [1.54, 1.807) is 5.38 Å². The lowest BCUT2D eigenvalue weighted by Gasteiger charge is -2.08. The number of carboxylic acid groups (broad SMARTS) is 1. The predicted molar refractivity (Wildman–Crippen MR) is 116 cm³/mol. The van der Waals surface area contributed by atoms with Crippen LogP contribution in [-0.4, -0.2) is 32.1 Å². The average molecular weight is 462 g/mol. The molecule has 1 aromatic carbocycles. The number of hydrogen-bond acceptors (Lipinski definition) is 7. The number of carboxylic acids is 1. The first kappa shape index (κ1) is 21.4. The molecule has 162 valence electrons. The molecule has 2 aromatic heterocycles. The van der Waals surface area contributed by atoms with Gasteiger partial charge in [-0.2, -0.15) is 0 Å². The van der Waals surface area contributed by atoms with Gasteiger partial charge in [0.25, 0.3) is 0 Å². The Kier molecular flexibility index (Phi) is 6.01. The summed E-state index contributed by atoms with van der Waals surface area (Å²) < 4.78 is 14.4. The molecule has 4 rings (SSSR count). The van der Waals surface area contributed by atoms with Crippen LogP contribution < -0.4 is 5.32 Å². The Morgan fingerprint density at radius 1 is 1.26 bits per heavy atom. The van der Waals surface area contributed by atoms with Crippen molar-refractivity contribution in [3.8, 4) is 26.9 Å². The molecule has 1 aliphatic carbocycles. The molecule has 0 bridgehead atoms. The van der Waals surface area contributed by atoms with Crippen molar-refractivity contribution < 1.29 is 24.2 Å². The number of nitrogens with zero attached hydrogens (tertiary/aromatic N) is 2. The van der Waals surface area contributed by atoms with Gasteiger partial charge >= 0.3 is 5.97 Å². The first-order valence-electron chi connectivity index (χ1n) is 9.79. The molecule has 31 heavy (non-hydrogen) atoms. The Hall–Kier alpha value is -2.85. The molecule has 1 saturated carbocycles. The Bertz CT molecular complexity index is 1150. The number of hydrogen-bond donors (Lipinski definition) is 3. The molecule has 1 fully saturated rings. The molecule has 0 atom stereocenters. The number of aromatic hydroxyl groups is 1. The lowest BCUT2D eigenvalue weighted by molar-refractivity contribution is -0.124. The van der Waals surface area contributed by atoms with Crippen molar-refractivity contribution >= 4 is 34.6 Å². The van der Waals surface area contributed by atoms with Gasteiger partial charge in [-0.25, -0.2) is 19.2 Å². The van der Waals surface area contributed by atoms with Gasteiger partial charge in [-0.05, 0) is 31.9 Å². The summed E-state index contributed by atoms with van der Waals surface area (Å²) in [5.41, 5.74) is 0.909. The van der Waals surface area contributed by atoms with Crippen LogP contribution in [0.15, 0.2) is 17.5 Å². The van der Waals surface area contributed by atoms with Crippen molar-refractivity contribution in [2.45, 2.75) is 39.2 Å². The van der Waals surface area contributed by atoms with Gasteiger partial charge in [-0.1, -0.05) is 12.8 Å². The van der Waals surface area contributed by atoms with Crippen LogP contribution in [0, 0.1) is 18.7 Å². The first-order valence-corrected chi connectivity index (χ1v) is 11.5. The van der Waals surface area contributed by atoms with Gasteiger partial charge in [0, 0.05) is 16.9 Å². The van der Waals surface area contributed by atoms with Crippen LogP contribution in [0.25, 0.3) is 21.1 Å². The fourth-order valence-electron chi connectivity index (χ4n) is 3.66. The monoisotopic (exact) mass is 461 g/mol. The number of rotatable bonds is 6. The SMILES string of the molecule is Cc1nc(CNC(=O)C2CCCC2)sc1-c1csc(-c2cc(O)c(C(=O)O)cc2F)n1. The van der Waals surface area contributed by atoms with Crippen LogP contribution in [0.2, 0.25) is 0 Å². The van der Waals surface area contributed by atoms with E-state index in [2.05, 4.69) is 15.3 Å². The number of aryl methyl sites for hydroxylation is 1. The average Bonchev–Trinajstić information content (AvgIpc) is 3.48. The van der Waals surface area contributed by atoms with Crippen molar-refractivity contribution in [3.63, 3.8) is 0 Å². The Labute approximate surface area is 185 Å². The van der Waals surface area contributed by atoms with E-state index in [1.807, 2.05) is 6.92 Å². The smallest absolute Gasteiger partial charge is 0.339 e. The van der Waals surface area contributed by atoms with Crippen molar-refractivity contribution in [3.05, 3.63) is 39.6 Å². The van der Waals surface area contributed by atoms with Crippen molar-refractivity contribution in [2.75, 3.05) is 0 Å². The van der Waals surface area contributed by atoms with E-state index in [1.165, 1.54) is 22.7 Å². The van der Waals surface area contributed by atoms with Gasteiger partial charge in [-0.3, -0.25) is 4.79 Å². The topological polar surface area (TPSA) is 112 Å². The zero-order valence-electron chi connectivity index (χ0n) is 16.6. The minimum Gasteiger partial charge on any atom is -0.507 e. The molecule has 1 amide bonds. The van der Waals surface area contributed by atoms with Gasteiger partial charge in [0.05, 0.1) is 22.8 Å². The van der Waals surface area contributed by atoms with Crippen molar-refractivity contribution in [1.82, 2.24) is 15.3 Å². The second kappa shape index (κ2) is 8.72. The summed E-state index contributed by atoms with van der Waals surface area (Å²) in [6.07, 6.45) is 4.08. The number of carbonyl (C=O) groups excluding carboxylic acids is 1. The zero-order valence-corrected chi connectivity index (χ0v) is 18.3. The number of amides is 1. The normalized spacial score (nSPS) is 14.1. The molecule has 3 N–H and O–H groups in total. The highest BCUT2D eigenvalue weighted by atomic mass is 32.1. The van der Waals surface area contributed by atoms with Gasteiger partial charge in [0.15, 0.2) is 0 Å². The van der Waals surface area contributed by atoms with E-state index in [0.717, 1.165) is 53.4 Å². The quantitative estimate of drug-likeness (QED) is 0.495. The minimum absolute atomic E-state index is 0.0324. The Morgan fingerprint density at radius 3 is 2.71 bits per heavy atom. The van der Waals surface area contributed by atoms with Crippen LogP contribution in [-0.2, 0) is 11.3 Å². The summed E-state index contributed by atoms with van der Waals surface area (Å²) in [4.78, 5) is 33.1. The van der Waals surface area contributed by atoms with Gasteiger partial charge in [0.2, 0.25) is 5.91 Å². The fourth-order valence-corrected chi connectivity index (χ4v) is 5.53. The molecular formula is C21H20FN3O4S2. The van der Waals surface area contributed by atoms with Gasteiger partial charge in [0.1, 0.15) is 27.1 Å².